The molecular weight excluding hydrogens is 478 g/mol. The number of nitrogens with one attached hydrogen (secondary N) is 1. The number of benzene rings is 3. The topological polar surface area (TPSA) is 76.2 Å². The number of hydrazine groups is 1. The highest BCUT2D eigenvalue weighted by Gasteiger charge is 2.50. The van der Waals surface area contributed by atoms with Crippen molar-refractivity contribution in [3.8, 4) is 0 Å². The average Bonchev–Trinajstić information content (AvgIpc) is 2.94. The number of hydrogen-bond donors (Lipinski definition) is 1. The molecule has 4 amide bonds. The van der Waals surface area contributed by atoms with Gasteiger partial charge < -0.3 is 15.1 Å². The third kappa shape index (κ3) is 5.55. The van der Waals surface area contributed by atoms with Gasteiger partial charge in [0.15, 0.2) is 0 Å². The number of piperazine rings is 1. The lowest BCUT2D eigenvalue weighted by atomic mass is 9.98. The van der Waals surface area contributed by atoms with Crippen LogP contribution < -0.4 is 5.32 Å². The van der Waals surface area contributed by atoms with Crippen LogP contribution in [0.25, 0.3) is 0 Å². The minimum absolute atomic E-state index is 0.0256. The summed E-state index contributed by atoms with van der Waals surface area (Å²) in [5.74, 6) is -0.231. The molecule has 1 N–H and O–H groups in total. The molecule has 2 heterocycles. The Morgan fingerprint density at radius 2 is 1.42 bits per heavy atom. The lowest BCUT2D eigenvalue weighted by Gasteiger charge is -2.54. The summed E-state index contributed by atoms with van der Waals surface area (Å²) in [7, 11) is 1.74. The van der Waals surface area contributed by atoms with E-state index in [9.17, 15) is 14.4 Å². The van der Waals surface area contributed by atoms with E-state index >= 15 is 0 Å². The van der Waals surface area contributed by atoms with Crippen LogP contribution in [-0.4, -0.2) is 76.6 Å². The summed E-state index contributed by atoms with van der Waals surface area (Å²) in [5.41, 5.74) is 3.09. The lowest BCUT2D eigenvalue weighted by molar-refractivity contribution is -0.186. The van der Waals surface area contributed by atoms with E-state index in [-0.39, 0.29) is 30.9 Å². The minimum atomic E-state index is -0.683. The number of fused-ring (bicyclic) bond motifs is 1. The monoisotopic (exact) mass is 511 g/mol. The Bertz CT molecular complexity index is 1250. The molecule has 8 heteroatoms. The normalized spacial score (nSPS) is 19.9. The second-order valence-electron chi connectivity index (χ2n) is 9.81. The zero-order chi connectivity index (χ0) is 26.5. The van der Waals surface area contributed by atoms with Crippen molar-refractivity contribution in [3.63, 3.8) is 0 Å². The van der Waals surface area contributed by atoms with Crippen LogP contribution in [0.1, 0.15) is 16.7 Å². The highest BCUT2D eigenvalue weighted by Crippen LogP contribution is 2.28. The molecule has 3 aromatic carbocycles. The van der Waals surface area contributed by atoms with Crippen molar-refractivity contribution in [1.29, 1.82) is 0 Å². The Balaban J connectivity index is 1.41. The third-order valence-electron chi connectivity index (χ3n) is 7.22. The molecule has 0 aromatic heterocycles. The first-order chi connectivity index (χ1) is 18.5. The van der Waals surface area contributed by atoms with Gasteiger partial charge in [-0.1, -0.05) is 91.0 Å². The largest absolute Gasteiger partial charge is 0.337 e. The summed E-state index contributed by atoms with van der Waals surface area (Å²) in [6.07, 6.45) is 0.494. The van der Waals surface area contributed by atoms with Gasteiger partial charge in [-0.3, -0.25) is 9.59 Å². The van der Waals surface area contributed by atoms with Gasteiger partial charge in [0.2, 0.25) is 11.8 Å². The molecule has 8 nitrogen and oxygen atoms in total. The first-order valence-electron chi connectivity index (χ1n) is 13.0. The molecule has 38 heavy (non-hydrogen) atoms. The van der Waals surface area contributed by atoms with Crippen molar-refractivity contribution < 1.29 is 14.4 Å². The number of amides is 4. The number of urea groups is 1. The number of hydrogen-bond acceptors (Lipinski definition) is 4. The number of carbonyl (C=O) groups excluding carboxylic acids is 3. The molecule has 0 saturated carbocycles. The van der Waals surface area contributed by atoms with Crippen LogP contribution in [0.2, 0.25) is 0 Å². The molecule has 2 aliphatic rings. The van der Waals surface area contributed by atoms with Gasteiger partial charge in [-0.15, -0.1) is 0 Å². The van der Waals surface area contributed by atoms with Crippen molar-refractivity contribution in [1.82, 2.24) is 25.1 Å². The van der Waals surface area contributed by atoms with Gasteiger partial charge in [0.25, 0.3) is 0 Å². The number of nitrogens with zero attached hydrogens (tertiary/aromatic N) is 4. The van der Waals surface area contributed by atoms with Gasteiger partial charge in [-0.2, -0.15) is 0 Å². The first kappa shape index (κ1) is 25.5. The maximum atomic E-state index is 13.8. The molecule has 0 spiro atoms. The number of rotatable bonds is 7. The van der Waals surface area contributed by atoms with Gasteiger partial charge in [0, 0.05) is 26.6 Å². The van der Waals surface area contributed by atoms with E-state index in [1.165, 1.54) is 0 Å². The number of carbonyl (C=O) groups is 3. The van der Waals surface area contributed by atoms with Crippen molar-refractivity contribution in [3.05, 3.63) is 108 Å². The molecule has 2 fully saturated rings. The average molecular weight is 512 g/mol. The van der Waals surface area contributed by atoms with Crippen LogP contribution in [-0.2, 0) is 29.0 Å². The number of likely N-dealkylation sites (N-methyl/N-ethyl adjacent to an activating group) is 1. The van der Waals surface area contributed by atoms with E-state index in [0.717, 1.165) is 16.7 Å². The molecule has 2 saturated heterocycles. The van der Waals surface area contributed by atoms with Crippen LogP contribution in [0, 0.1) is 0 Å². The van der Waals surface area contributed by atoms with Gasteiger partial charge in [-0.25, -0.2) is 14.8 Å². The zero-order valence-corrected chi connectivity index (χ0v) is 21.6. The third-order valence-corrected chi connectivity index (χ3v) is 7.22. The Hall–Kier alpha value is -4.17. The Labute approximate surface area is 223 Å². The maximum absolute atomic E-state index is 13.8. The summed E-state index contributed by atoms with van der Waals surface area (Å²) in [6, 6.07) is 28.5. The predicted octanol–water partition coefficient (Wildman–Crippen LogP) is 2.91. The quantitative estimate of drug-likeness (QED) is 0.529. The molecule has 0 aliphatic carbocycles. The van der Waals surface area contributed by atoms with E-state index in [0.29, 0.717) is 25.9 Å². The molecule has 5 rings (SSSR count). The Morgan fingerprint density at radius 3 is 2.05 bits per heavy atom. The second-order valence-corrected chi connectivity index (χ2v) is 9.81. The van der Waals surface area contributed by atoms with Gasteiger partial charge in [-0.05, 0) is 23.1 Å². The Kier molecular flexibility index (Phi) is 7.70. The second kappa shape index (κ2) is 11.5. The van der Waals surface area contributed by atoms with Gasteiger partial charge >= 0.3 is 6.03 Å². The lowest BCUT2D eigenvalue weighted by Crippen LogP contribution is -2.76. The summed E-state index contributed by atoms with van der Waals surface area (Å²) in [5, 5.41) is 6.26. The summed E-state index contributed by atoms with van der Waals surface area (Å²) >= 11 is 0. The molecule has 3 aromatic rings. The van der Waals surface area contributed by atoms with Crippen molar-refractivity contribution in [2.45, 2.75) is 31.6 Å². The molecular formula is C30H33N5O3. The maximum Gasteiger partial charge on any atom is 0.334 e. The fourth-order valence-corrected chi connectivity index (χ4v) is 5.31. The van der Waals surface area contributed by atoms with Crippen molar-refractivity contribution in [2.75, 3.05) is 26.7 Å². The fourth-order valence-electron chi connectivity index (χ4n) is 5.31. The Morgan fingerprint density at radius 1 is 0.842 bits per heavy atom. The van der Waals surface area contributed by atoms with Crippen LogP contribution in [0.15, 0.2) is 91.0 Å². The molecule has 2 aliphatic heterocycles. The highest BCUT2D eigenvalue weighted by molar-refractivity contribution is 5.91. The summed E-state index contributed by atoms with van der Waals surface area (Å²) in [6.45, 7) is 1.16. The standard InChI is InChI=1S/C30H33N5O3/c1-32-22-28(36)34-26(19-24-13-7-3-8-14-24)29(37)33(18-17-23-11-5-2-6-12-23)21-27(34)35(32)30(38)31-20-25-15-9-4-10-16-25/h2-16,26-27H,17-22H2,1H3,(H,31,38)/t26-,27-/m0/s1. The van der Waals surface area contributed by atoms with Gasteiger partial charge in [0.1, 0.15) is 12.2 Å². The van der Waals surface area contributed by atoms with E-state index in [2.05, 4.69) is 5.32 Å². The highest BCUT2D eigenvalue weighted by atomic mass is 16.2. The molecule has 0 bridgehead atoms. The van der Waals surface area contributed by atoms with Gasteiger partial charge in [0.05, 0.1) is 13.1 Å². The summed E-state index contributed by atoms with van der Waals surface area (Å²) < 4.78 is 0. The van der Waals surface area contributed by atoms with E-state index in [4.69, 9.17) is 0 Å². The first-order valence-corrected chi connectivity index (χ1v) is 13.0. The minimum Gasteiger partial charge on any atom is -0.337 e. The van der Waals surface area contributed by atoms with Crippen LogP contribution >= 0.6 is 0 Å². The van der Waals surface area contributed by atoms with Crippen molar-refractivity contribution >= 4 is 17.8 Å². The molecule has 0 radical (unpaired) electrons. The molecule has 0 unspecified atom stereocenters. The van der Waals surface area contributed by atoms with E-state index < -0.39 is 12.2 Å². The van der Waals surface area contributed by atoms with E-state index in [1.54, 1.807) is 22.0 Å². The summed E-state index contributed by atoms with van der Waals surface area (Å²) in [4.78, 5) is 44.1. The fraction of sp³-hybridized carbons (Fsp3) is 0.300. The van der Waals surface area contributed by atoms with E-state index in [1.807, 2.05) is 95.9 Å². The SMILES string of the molecule is CN1CC(=O)N2[C@@H](Cc3ccccc3)C(=O)N(CCc3ccccc3)C[C@@H]2N1C(=O)NCc1ccccc1. The predicted molar refractivity (Wildman–Crippen MR) is 144 cm³/mol. The molecule has 2 atom stereocenters. The molecule has 196 valence electrons. The van der Waals surface area contributed by atoms with Crippen LogP contribution in [0.3, 0.4) is 0 Å². The van der Waals surface area contributed by atoms with Crippen molar-refractivity contribution in [2.24, 2.45) is 0 Å². The zero-order valence-electron chi connectivity index (χ0n) is 21.6. The van der Waals surface area contributed by atoms with Crippen LogP contribution in [0.4, 0.5) is 4.79 Å². The smallest absolute Gasteiger partial charge is 0.334 e. The van der Waals surface area contributed by atoms with Crippen LogP contribution in [0.5, 0.6) is 0 Å².